The van der Waals surface area contributed by atoms with E-state index in [1.54, 1.807) is 17.3 Å². The van der Waals surface area contributed by atoms with Crippen molar-refractivity contribution in [2.24, 2.45) is 5.92 Å². The van der Waals surface area contributed by atoms with Crippen molar-refractivity contribution in [1.29, 1.82) is 0 Å². The molecule has 2 aliphatic rings. The average Bonchev–Trinajstić information content (AvgIpc) is 2.86. The Morgan fingerprint density at radius 2 is 1.78 bits per heavy atom. The van der Waals surface area contributed by atoms with Gasteiger partial charge in [-0.15, -0.1) is 0 Å². The summed E-state index contributed by atoms with van der Waals surface area (Å²) in [5, 5.41) is 10.9. The molecular weight excluding hydrogens is 508 g/mol. The predicted octanol–water partition coefficient (Wildman–Crippen LogP) is 2.30. The van der Waals surface area contributed by atoms with E-state index in [1.807, 2.05) is 12.1 Å². The lowest BCUT2D eigenvalue weighted by atomic mass is 9.95. The molecule has 12 heteroatoms. The van der Waals surface area contributed by atoms with Crippen molar-refractivity contribution < 1.29 is 22.7 Å². The summed E-state index contributed by atoms with van der Waals surface area (Å²) in [4.78, 5) is 32.6. The number of rotatable bonds is 5. The number of carbonyl (C=O) groups is 1. The van der Waals surface area contributed by atoms with Gasteiger partial charge in [-0.1, -0.05) is 11.6 Å². The van der Waals surface area contributed by atoms with Crippen LogP contribution in [0.5, 0.6) is 5.75 Å². The highest BCUT2D eigenvalue weighted by atomic mass is 35.5. The van der Waals surface area contributed by atoms with E-state index in [0.29, 0.717) is 12.5 Å². The minimum Gasteiger partial charge on any atom is -0.505 e. The standard InChI is InChI=1S/C24H25ClN4O6S/c25-17-1-2-19-20(13-17)35-24(32)23(22(19)31)36(33,34)29-12-11-28(21(30)15-29)14-16-5-9-27(10-6-16)18-3-7-26-8-4-18/h1-4,7-8,13,16,31H,5-6,9-12,14-15H2. The summed E-state index contributed by atoms with van der Waals surface area (Å²) in [6.07, 6.45) is 5.38. The number of amides is 1. The van der Waals surface area contributed by atoms with Crippen LogP contribution in [0.3, 0.4) is 0 Å². The largest absolute Gasteiger partial charge is 0.505 e. The van der Waals surface area contributed by atoms with Gasteiger partial charge in [0.25, 0.3) is 10.0 Å². The molecule has 0 radical (unpaired) electrons. The lowest BCUT2D eigenvalue weighted by Gasteiger charge is -2.38. The number of carbonyl (C=O) groups excluding carboxylic acids is 1. The van der Waals surface area contributed by atoms with Gasteiger partial charge >= 0.3 is 5.63 Å². The van der Waals surface area contributed by atoms with Crippen molar-refractivity contribution in [2.75, 3.05) is 44.2 Å². The van der Waals surface area contributed by atoms with Crippen LogP contribution in [0.25, 0.3) is 11.0 Å². The van der Waals surface area contributed by atoms with Crippen LogP contribution in [0, 0.1) is 5.92 Å². The predicted molar refractivity (Wildman–Crippen MR) is 134 cm³/mol. The Balaban J connectivity index is 1.25. The molecule has 1 N–H and O–H groups in total. The molecule has 36 heavy (non-hydrogen) atoms. The summed E-state index contributed by atoms with van der Waals surface area (Å²) in [6, 6.07) is 8.10. The highest BCUT2D eigenvalue weighted by molar-refractivity contribution is 7.89. The number of pyridine rings is 1. The minimum atomic E-state index is -4.47. The second-order valence-electron chi connectivity index (χ2n) is 9.02. The van der Waals surface area contributed by atoms with Crippen molar-refractivity contribution in [2.45, 2.75) is 17.7 Å². The first-order valence-corrected chi connectivity index (χ1v) is 13.4. The number of aromatic nitrogens is 1. The van der Waals surface area contributed by atoms with Gasteiger partial charge in [0.15, 0.2) is 5.75 Å². The molecule has 190 valence electrons. The van der Waals surface area contributed by atoms with Gasteiger partial charge in [0, 0.05) is 61.9 Å². The molecule has 1 aromatic carbocycles. The third-order valence-electron chi connectivity index (χ3n) is 6.80. The van der Waals surface area contributed by atoms with E-state index >= 15 is 0 Å². The summed E-state index contributed by atoms with van der Waals surface area (Å²) in [6.45, 7) is 2.12. The lowest BCUT2D eigenvalue weighted by molar-refractivity contribution is -0.134. The summed E-state index contributed by atoms with van der Waals surface area (Å²) < 4.78 is 32.5. The normalized spacial score (nSPS) is 18.2. The Kier molecular flexibility index (Phi) is 6.62. The third-order valence-corrected chi connectivity index (χ3v) is 8.91. The number of anilines is 1. The van der Waals surface area contributed by atoms with Crippen molar-refractivity contribution >= 4 is 44.2 Å². The van der Waals surface area contributed by atoms with Crippen LogP contribution in [0.15, 0.2) is 56.8 Å². The molecule has 1 amide bonds. The number of piperidine rings is 1. The maximum Gasteiger partial charge on any atom is 0.360 e. The number of hydrogen-bond acceptors (Lipinski definition) is 8. The molecule has 0 unspecified atom stereocenters. The maximum absolute atomic E-state index is 13.3. The zero-order chi connectivity index (χ0) is 25.4. The molecule has 10 nitrogen and oxygen atoms in total. The number of benzene rings is 1. The summed E-state index contributed by atoms with van der Waals surface area (Å²) in [5.41, 5.74) is -0.110. The quantitative estimate of drug-likeness (QED) is 0.496. The molecule has 2 fully saturated rings. The summed E-state index contributed by atoms with van der Waals surface area (Å²) in [5.74, 6) is -0.731. The van der Waals surface area contributed by atoms with Crippen LogP contribution in [0.4, 0.5) is 5.69 Å². The number of aromatic hydroxyl groups is 1. The van der Waals surface area contributed by atoms with Gasteiger partial charge in [-0.2, -0.15) is 4.31 Å². The molecular formula is C24H25ClN4O6S. The van der Waals surface area contributed by atoms with Gasteiger partial charge in [0.05, 0.1) is 11.9 Å². The Hall–Kier alpha value is -3.15. The van der Waals surface area contributed by atoms with E-state index in [4.69, 9.17) is 16.0 Å². The zero-order valence-electron chi connectivity index (χ0n) is 19.3. The van der Waals surface area contributed by atoms with E-state index in [9.17, 15) is 23.1 Å². The minimum absolute atomic E-state index is 0.0153. The van der Waals surface area contributed by atoms with Crippen molar-refractivity contribution in [1.82, 2.24) is 14.2 Å². The van der Waals surface area contributed by atoms with Crippen LogP contribution in [-0.4, -0.2) is 72.9 Å². The van der Waals surface area contributed by atoms with Gasteiger partial charge < -0.3 is 19.3 Å². The fourth-order valence-corrected chi connectivity index (χ4v) is 6.45. The number of fused-ring (bicyclic) bond motifs is 1. The fourth-order valence-electron chi connectivity index (χ4n) is 4.82. The Morgan fingerprint density at radius 3 is 2.47 bits per heavy atom. The SMILES string of the molecule is O=C1CN(S(=O)(=O)c2c(O)c3ccc(Cl)cc3oc2=O)CCN1CC1CCN(c2ccncc2)CC1. The molecule has 3 aromatic rings. The van der Waals surface area contributed by atoms with Gasteiger partial charge in [-0.3, -0.25) is 9.78 Å². The van der Waals surface area contributed by atoms with Gasteiger partial charge in [-0.05, 0) is 43.0 Å². The summed E-state index contributed by atoms with van der Waals surface area (Å²) >= 11 is 5.89. The molecule has 0 spiro atoms. The summed E-state index contributed by atoms with van der Waals surface area (Å²) in [7, 11) is -4.47. The van der Waals surface area contributed by atoms with Crippen LogP contribution < -0.4 is 10.5 Å². The van der Waals surface area contributed by atoms with Crippen LogP contribution in [0.1, 0.15) is 12.8 Å². The maximum atomic E-state index is 13.3. The van der Waals surface area contributed by atoms with E-state index in [0.717, 1.165) is 35.9 Å². The Bertz CT molecular complexity index is 1450. The van der Waals surface area contributed by atoms with Crippen LogP contribution in [-0.2, 0) is 14.8 Å². The monoisotopic (exact) mass is 532 g/mol. The molecule has 2 saturated heterocycles. The molecule has 0 bridgehead atoms. The fraction of sp³-hybridized carbons (Fsp3) is 0.375. The molecule has 4 heterocycles. The zero-order valence-corrected chi connectivity index (χ0v) is 20.9. The second-order valence-corrected chi connectivity index (χ2v) is 11.3. The van der Waals surface area contributed by atoms with E-state index < -0.39 is 32.8 Å². The number of hydrogen-bond donors (Lipinski definition) is 1. The van der Waals surface area contributed by atoms with Crippen molar-refractivity contribution in [3.63, 3.8) is 0 Å². The van der Waals surface area contributed by atoms with Crippen LogP contribution in [0.2, 0.25) is 5.02 Å². The molecule has 0 aliphatic carbocycles. The number of nitrogens with zero attached hydrogens (tertiary/aromatic N) is 4. The topological polar surface area (TPSA) is 124 Å². The van der Waals surface area contributed by atoms with E-state index in [-0.39, 0.29) is 35.0 Å². The van der Waals surface area contributed by atoms with E-state index in [2.05, 4.69) is 9.88 Å². The molecule has 5 rings (SSSR count). The lowest BCUT2D eigenvalue weighted by Crippen LogP contribution is -2.54. The molecule has 2 aliphatic heterocycles. The average molecular weight is 533 g/mol. The number of halogens is 1. The Labute approximate surface area is 212 Å². The van der Waals surface area contributed by atoms with Gasteiger partial charge in [-0.25, -0.2) is 13.2 Å². The molecule has 2 aromatic heterocycles. The first-order valence-electron chi connectivity index (χ1n) is 11.6. The highest BCUT2D eigenvalue weighted by Crippen LogP contribution is 2.33. The molecule has 0 saturated carbocycles. The third kappa shape index (κ3) is 4.65. The Morgan fingerprint density at radius 1 is 1.06 bits per heavy atom. The second kappa shape index (κ2) is 9.72. The van der Waals surface area contributed by atoms with Gasteiger partial charge in [0.1, 0.15) is 5.58 Å². The smallest absolute Gasteiger partial charge is 0.360 e. The van der Waals surface area contributed by atoms with E-state index in [1.165, 1.54) is 18.2 Å². The van der Waals surface area contributed by atoms with Crippen molar-refractivity contribution in [3.05, 3.63) is 58.2 Å². The molecule has 0 atom stereocenters. The van der Waals surface area contributed by atoms with Crippen molar-refractivity contribution in [3.8, 4) is 5.75 Å². The number of sulfonamides is 1. The first-order chi connectivity index (χ1) is 17.2. The highest BCUT2D eigenvalue weighted by Gasteiger charge is 2.38. The first kappa shape index (κ1) is 24.5. The van der Waals surface area contributed by atoms with Crippen LogP contribution >= 0.6 is 11.6 Å². The van der Waals surface area contributed by atoms with Gasteiger partial charge in [0.2, 0.25) is 10.8 Å². The number of piperazine rings is 1.